The highest BCUT2D eigenvalue weighted by atomic mass is 127. The fourth-order valence-electron chi connectivity index (χ4n) is 3.02. The molecule has 0 radical (unpaired) electrons. The fraction of sp³-hybridized carbons (Fsp3) is 0.0833. The lowest BCUT2D eigenvalue weighted by molar-refractivity contribution is -0.115. The normalized spacial score (nSPS) is 16.0. The van der Waals surface area contributed by atoms with E-state index in [1.54, 1.807) is 30.3 Å². The molecule has 3 aromatic carbocycles. The van der Waals surface area contributed by atoms with Crippen molar-refractivity contribution in [2.24, 2.45) is 4.99 Å². The number of nitrogens with zero attached hydrogens (tertiary/aromatic N) is 1. The van der Waals surface area contributed by atoms with Crippen molar-refractivity contribution in [1.82, 2.24) is 5.32 Å². The van der Waals surface area contributed by atoms with Gasteiger partial charge in [0.1, 0.15) is 4.90 Å². The van der Waals surface area contributed by atoms with Crippen LogP contribution in [0.25, 0.3) is 6.08 Å². The molecular formula is C24H19IN2O5S2. The van der Waals surface area contributed by atoms with E-state index in [9.17, 15) is 13.2 Å². The maximum Gasteiger partial charge on any atom is 0.339 e. The zero-order valence-electron chi connectivity index (χ0n) is 18.1. The molecule has 0 aromatic heterocycles. The molecular weight excluding hydrogens is 587 g/mol. The predicted molar refractivity (Wildman–Crippen MR) is 142 cm³/mol. The third kappa shape index (κ3) is 5.62. The Hall–Kier alpha value is -2.83. The highest BCUT2D eigenvalue weighted by Gasteiger charge is 2.25. The van der Waals surface area contributed by atoms with Gasteiger partial charge in [-0.25, -0.2) is 4.99 Å². The predicted octanol–water partition coefficient (Wildman–Crippen LogP) is 5.27. The summed E-state index contributed by atoms with van der Waals surface area (Å²) in [5.41, 5.74) is 2.33. The lowest BCUT2D eigenvalue weighted by atomic mass is 10.2. The number of hydrogen-bond donors (Lipinski definition) is 1. The minimum Gasteiger partial charge on any atom is -0.493 e. The number of amides is 1. The largest absolute Gasteiger partial charge is 0.493 e. The van der Waals surface area contributed by atoms with Crippen molar-refractivity contribution in [3.05, 3.63) is 86.3 Å². The number of nitrogens with one attached hydrogen (secondary N) is 1. The first kappa shape index (κ1) is 24.3. The number of thioether (sulfide) groups is 1. The summed E-state index contributed by atoms with van der Waals surface area (Å²) in [6, 6.07) is 19.1. The number of benzene rings is 3. The van der Waals surface area contributed by atoms with Crippen LogP contribution in [0, 0.1) is 10.5 Å². The molecule has 0 bridgehead atoms. The Balaban J connectivity index is 1.61. The van der Waals surface area contributed by atoms with E-state index >= 15 is 0 Å². The summed E-state index contributed by atoms with van der Waals surface area (Å²) in [5.74, 6) is 0.0487. The second-order valence-corrected chi connectivity index (χ2v) is 10.9. The highest BCUT2D eigenvalue weighted by Crippen LogP contribution is 2.37. The molecule has 1 aliphatic rings. The summed E-state index contributed by atoms with van der Waals surface area (Å²) in [4.78, 5) is 17.4. The number of hydrogen-bond acceptors (Lipinski definition) is 7. The van der Waals surface area contributed by atoms with Crippen molar-refractivity contribution in [2.45, 2.75) is 11.8 Å². The number of rotatable bonds is 6. The molecule has 1 fully saturated rings. The fourth-order valence-corrected chi connectivity index (χ4v) is 5.70. The minimum absolute atomic E-state index is 0.0476. The number of aryl methyl sites for hydroxylation is 1. The number of methoxy groups -OCH3 is 1. The Bertz CT molecular complexity index is 1400. The average molecular weight is 606 g/mol. The van der Waals surface area contributed by atoms with E-state index in [0.29, 0.717) is 19.2 Å². The molecule has 1 heterocycles. The van der Waals surface area contributed by atoms with Crippen LogP contribution in [-0.4, -0.2) is 26.6 Å². The standard InChI is InChI=1S/C24H19IN2O5S2/c1-15-8-10-18(11-9-15)34(29,30)32-22-19(25)12-16(13-20(22)31-2)14-21-23(28)27-24(33-21)26-17-6-4-3-5-7-17/h3-14H,1-2H3,(H,26,27,28)/b21-14-. The third-order valence-corrected chi connectivity index (χ3v) is 7.64. The van der Waals surface area contributed by atoms with E-state index in [-0.39, 0.29) is 22.3 Å². The lowest BCUT2D eigenvalue weighted by Gasteiger charge is -2.13. The Labute approximate surface area is 215 Å². The van der Waals surface area contributed by atoms with Crippen LogP contribution in [0.2, 0.25) is 0 Å². The zero-order chi connectivity index (χ0) is 24.3. The third-order valence-electron chi connectivity index (χ3n) is 4.69. The van der Waals surface area contributed by atoms with E-state index < -0.39 is 10.1 Å². The van der Waals surface area contributed by atoms with Gasteiger partial charge in [0.15, 0.2) is 16.7 Å². The van der Waals surface area contributed by atoms with Gasteiger partial charge in [-0.15, -0.1) is 0 Å². The van der Waals surface area contributed by atoms with Crippen molar-refractivity contribution >= 4 is 67.3 Å². The number of aliphatic imine (C=N–C) groups is 1. The van der Waals surface area contributed by atoms with Crippen molar-refractivity contribution in [1.29, 1.82) is 0 Å². The van der Waals surface area contributed by atoms with E-state index in [0.717, 1.165) is 11.3 Å². The van der Waals surface area contributed by atoms with Gasteiger partial charge in [-0.05, 0) is 89.3 Å². The Kier molecular flexibility index (Phi) is 7.29. The van der Waals surface area contributed by atoms with Crippen LogP contribution in [0.1, 0.15) is 11.1 Å². The first-order chi connectivity index (χ1) is 16.2. The first-order valence-electron chi connectivity index (χ1n) is 9.98. The molecule has 4 rings (SSSR count). The average Bonchev–Trinajstić information content (AvgIpc) is 3.14. The van der Waals surface area contributed by atoms with Crippen molar-refractivity contribution in [2.75, 3.05) is 7.11 Å². The second kappa shape index (κ2) is 10.2. The van der Waals surface area contributed by atoms with E-state index in [2.05, 4.69) is 10.3 Å². The Morgan fingerprint density at radius 2 is 1.76 bits per heavy atom. The van der Waals surface area contributed by atoms with Gasteiger partial charge in [0.05, 0.1) is 21.3 Å². The van der Waals surface area contributed by atoms with Gasteiger partial charge in [0, 0.05) is 0 Å². The summed E-state index contributed by atoms with van der Waals surface area (Å²) in [6.45, 7) is 1.87. The molecule has 174 valence electrons. The van der Waals surface area contributed by atoms with Crippen molar-refractivity contribution in [3.8, 4) is 11.5 Å². The Morgan fingerprint density at radius 1 is 1.06 bits per heavy atom. The monoisotopic (exact) mass is 606 g/mol. The highest BCUT2D eigenvalue weighted by molar-refractivity contribution is 14.1. The van der Waals surface area contributed by atoms with Gasteiger partial charge in [0.2, 0.25) is 0 Å². The van der Waals surface area contributed by atoms with Gasteiger partial charge in [0.25, 0.3) is 5.91 Å². The van der Waals surface area contributed by atoms with Crippen LogP contribution in [0.5, 0.6) is 11.5 Å². The van der Waals surface area contributed by atoms with Gasteiger partial charge in [-0.1, -0.05) is 35.9 Å². The lowest BCUT2D eigenvalue weighted by Crippen LogP contribution is -2.19. The Morgan fingerprint density at radius 3 is 2.44 bits per heavy atom. The van der Waals surface area contributed by atoms with Gasteiger partial charge in [-0.3, -0.25) is 4.79 Å². The first-order valence-corrected chi connectivity index (χ1v) is 13.3. The van der Waals surface area contributed by atoms with Gasteiger partial charge < -0.3 is 14.2 Å². The number of carbonyl (C=O) groups is 1. The molecule has 0 spiro atoms. The van der Waals surface area contributed by atoms with Crippen LogP contribution in [-0.2, 0) is 14.9 Å². The smallest absolute Gasteiger partial charge is 0.339 e. The maximum atomic E-state index is 12.8. The van der Waals surface area contributed by atoms with Crippen LogP contribution >= 0.6 is 34.4 Å². The van der Waals surface area contributed by atoms with Gasteiger partial charge in [-0.2, -0.15) is 8.42 Å². The van der Waals surface area contributed by atoms with E-state index in [1.807, 2.05) is 59.8 Å². The van der Waals surface area contributed by atoms with Crippen molar-refractivity contribution < 1.29 is 22.1 Å². The van der Waals surface area contributed by atoms with Crippen LogP contribution in [0.15, 0.2) is 81.5 Å². The SMILES string of the molecule is COc1cc(/C=C2\SC(=Nc3ccccc3)NC2=O)cc(I)c1OS(=O)(=O)c1ccc(C)cc1. The molecule has 7 nitrogen and oxygen atoms in total. The molecule has 1 saturated heterocycles. The minimum atomic E-state index is -4.05. The molecule has 1 N–H and O–H groups in total. The number of halogens is 1. The molecule has 34 heavy (non-hydrogen) atoms. The summed E-state index contributed by atoms with van der Waals surface area (Å²) >= 11 is 3.20. The summed E-state index contributed by atoms with van der Waals surface area (Å²) in [5, 5.41) is 3.23. The van der Waals surface area contributed by atoms with E-state index in [4.69, 9.17) is 8.92 Å². The summed E-state index contributed by atoms with van der Waals surface area (Å²) in [7, 11) is -2.62. The number of para-hydroxylation sites is 1. The summed E-state index contributed by atoms with van der Waals surface area (Å²) in [6.07, 6.45) is 1.69. The molecule has 0 aliphatic carbocycles. The molecule has 1 aliphatic heterocycles. The van der Waals surface area contributed by atoms with Crippen LogP contribution < -0.4 is 14.2 Å². The zero-order valence-corrected chi connectivity index (χ0v) is 21.9. The molecule has 1 amide bonds. The van der Waals surface area contributed by atoms with E-state index in [1.165, 1.54) is 31.0 Å². The van der Waals surface area contributed by atoms with Crippen LogP contribution in [0.3, 0.4) is 0 Å². The molecule has 3 aromatic rings. The summed E-state index contributed by atoms with van der Waals surface area (Å²) < 4.78 is 36.9. The molecule has 0 saturated carbocycles. The molecule has 0 unspecified atom stereocenters. The second-order valence-electron chi connectivity index (χ2n) is 7.20. The molecule has 0 atom stereocenters. The maximum absolute atomic E-state index is 12.8. The molecule has 10 heteroatoms. The number of ether oxygens (including phenoxy) is 1. The number of amidine groups is 1. The quantitative estimate of drug-likeness (QED) is 0.234. The topological polar surface area (TPSA) is 94.1 Å². The van der Waals surface area contributed by atoms with Gasteiger partial charge >= 0.3 is 10.1 Å². The number of carbonyl (C=O) groups excluding carboxylic acids is 1. The van der Waals surface area contributed by atoms with Crippen LogP contribution in [0.4, 0.5) is 5.69 Å². The van der Waals surface area contributed by atoms with Crippen molar-refractivity contribution in [3.63, 3.8) is 0 Å².